The summed E-state index contributed by atoms with van der Waals surface area (Å²) in [5.41, 5.74) is 0.973. The minimum absolute atomic E-state index is 0.0963. The third-order valence-corrected chi connectivity index (χ3v) is 3.70. The second-order valence-corrected chi connectivity index (χ2v) is 4.87. The highest BCUT2D eigenvalue weighted by Gasteiger charge is 2.46. The second kappa shape index (κ2) is 4.45. The summed E-state index contributed by atoms with van der Waals surface area (Å²) in [5, 5.41) is 19.4. The molecule has 1 aliphatic carbocycles. The van der Waals surface area contributed by atoms with Crippen LogP contribution in [0.25, 0.3) is 0 Å². The Labute approximate surface area is 86.6 Å². The molecule has 82 valence electrons. The number of aliphatic hydroxyl groups excluding tert-OH is 2. The van der Waals surface area contributed by atoms with Gasteiger partial charge in [0.1, 0.15) is 0 Å². The molecule has 1 fully saturated rings. The Morgan fingerprint density at radius 2 is 2.07 bits per heavy atom. The van der Waals surface area contributed by atoms with Crippen LogP contribution in [-0.4, -0.2) is 22.9 Å². The quantitative estimate of drug-likeness (QED) is 0.682. The van der Waals surface area contributed by atoms with E-state index in [4.69, 9.17) is 0 Å². The second-order valence-electron chi connectivity index (χ2n) is 4.87. The Morgan fingerprint density at radius 1 is 1.43 bits per heavy atom. The van der Waals surface area contributed by atoms with Gasteiger partial charge in [0.05, 0.1) is 12.7 Å². The highest BCUT2D eigenvalue weighted by molar-refractivity contribution is 5.04. The minimum atomic E-state index is -0.335. The molecule has 2 nitrogen and oxygen atoms in total. The summed E-state index contributed by atoms with van der Waals surface area (Å²) in [4.78, 5) is 0. The molecule has 14 heavy (non-hydrogen) atoms. The molecule has 2 N–H and O–H groups in total. The van der Waals surface area contributed by atoms with E-state index in [9.17, 15) is 10.2 Å². The van der Waals surface area contributed by atoms with Gasteiger partial charge in [-0.2, -0.15) is 0 Å². The first-order valence-corrected chi connectivity index (χ1v) is 5.45. The smallest absolute Gasteiger partial charge is 0.0624 e. The van der Waals surface area contributed by atoms with E-state index in [1.165, 1.54) is 5.57 Å². The van der Waals surface area contributed by atoms with Crippen LogP contribution < -0.4 is 0 Å². The van der Waals surface area contributed by atoms with Crippen molar-refractivity contribution in [2.75, 3.05) is 6.61 Å². The van der Waals surface area contributed by atoms with Crippen molar-refractivity contribution >= 4 is 0 Å². The fraction of sp³-hybridized carbons (Fsp3) is 0.833. The fourth-order valence-corrected chi connectivity index (χ4v) is 2.37. The number of rotatable bonds is 3. The standard InChI is InChI=1S/C12H22O2/c1-9(2)6-7-12(8-13)10(3)4-5-11(12)14/h6,10-11,13-14H,4-5,7-8H2,1-3H3. The number of hydrogen-bond acceptors (Lipinski definition) is 2. The molecule has 0 aromatic rings. The van der Waals surface area contributed by atoms with E-state index in [2.05, 4.69) is 26.8 Å². The van der Waals surface area contributed by atoms with E-state index in [1.807, 2.05) is 0 Å². The fourth-order valence-electron chi connectivity index (χ4n) is 2.37. The molecule has 1 aliphatic rings. The molecular formula is C12H22O2. The molecule has 0 aliphatic heterocycles. The van der Waals surface area contributed by atoms with E-state index < -0.39 is 0 Å². The van der Waals surface area contributed by atoms with Gasteiger partial charge in [-0.25, -0.2) is 0 Å². The lowest BCUT2D eigenvalue weighted by Crippen LogP contribution is -2.37. The maximum atomic E-state index is 9.93. The van der Waals surface area contributed by atoms with E-state index in [1.54, 1.807) is 0 Å². The molecule has 3 atom stereocenters. The predicted octanol–water partition coefficient (Wildman–Crippen LogP) is 2.11. The summed E-state index contributed by atoms with van der Waals surface area (Å²) in [6, 6.07) is 0. The lowest BCUT2D eigenvalue weighted by atomic mass is 9.75. The van der Waals surface area contributed by atoms with Crippen molar-refractivity contribution in [3.8, 4) is 0 Å². The van der Waals surface area contributed by atoms with Gasteiger partial charge >= 0.3 is 0 Å². The molecular weight excluding hydrogens is 176 g/mol. The topological polar surface area (TPSA) is 40.5 Å². The Morgan fingerprint density at radius 3 is 2.43 bits per heavy atom. The molecule has 0 bridgehead atoms. The minimum Gasteiger partial charge on any atom is -0.396 e. The molecule has 0 radical (unpaired) electrons. The molecule has 1 rings (SSSR count). The van der Waals surface area contributed by atoms with Gasteiger partial charge in [-0.05, 0) is 39.0 Å². The Balaban J connectivity index is 2.79. The van der Waals surface area contributed by atoms with Gasteiger partial charge < -0.3 is 10.2 Å². The maximum absolute atomic E-state index is 9.93. The third-order valence-electron chi connectivity index (χ3n) is 3.70. The van der Waals surface area contributed by atoms with E-state index >= 15 is 0 Å². The Hall–Kier alpha value is -0.340. The predicted molar refractivity (Wildman–Crippen MR) is 58.0 cm³/mol. The molecule has 3 unspecified atom stereocenters. The first kappa shape index (κ1) is 11.7. The van der Waals surface area contributed by atoms with Crippen molar-refractivity contribution in [2.24, 2.45) is 11.3 Å². The summed E-state index contributed by atoms with van der Waals surface area (Å²) >= 11 is 0. The van der Waals surface area contributed by atoms with E-state index in [0.29, 0.717) is 5.92 Å². The van der Waals surface area contributed by atoms with Crippen molar-refractivity contribution in [3.05, 3.63) is 11.6 Å². The van der Waals surface area contributed by atoms with Crippen molar-refractivity contribution in [1.29, 1.82) is 0 Å². The highest BCUT2D eigenvalue weighted by atomic mass is 16.3. The monoisotopic (exact) mass is 198 g/mol. The molecule has 0 amide bonds. The zero-order valence-corrected chi connectivity index (χ0v) is 9.45. The SMILES string of the molecule is CC(C)=CCC1(CO)C(C)CCC1O. The first-order valence-electron chi connectivity index (χ1n) is 5.45. The Kier molecular flexibility index (Phi) is 3.73. The van der Waals surface area contributed by atoms with Crippen molar-refractivity contribution in [2.45, 2.75) is 46.1 Å². The Bertz CT molecular complexity index is 206. The van der Waals surface area contributed by atoms with Gasteiger partial charge in [0.2, 0.25) is 0 Å². The molecule has 0 aromatic heterocycles. The third kappa shape index (κ3) is 2.01. The average Bonchev–Trinajstić information content (AvgIpc) is 2.41. The first-order chi connectivity index (χ1) is 6.53. The summed E-state index contributed by atoms with van der Waals surface area (Å²) in [5.74, 6) is 0.415. The normalized spacial score (nSPS) is 37.2. The lowest BCUT2D eigenvalue weighted by Gasteiger charge is -2.34. The van der Waals surface area contributed by atoms with Crippen LogP contribution >= 0.6 is 0 Å². The summed E-state index contributed by atoms with van der Waals surface area (Å²) in [6.45, 7) is 6.33. The van der Waals surface area contributed by atoms with Crippen LogP contribution in [0, 0.1) is 11.3 Å². The number of hydrogen-bond donors (Lipinski definition) is 2. The molecule has 0 heterocycles. The van der Waals surface area contributed by atoms with Crippen molar-refractivity contribution < 1.29 is 10.2 Å². The molecule has 1 saturated carbocycles. The number of aliphatic hydroxyl groups is 2. The van der Waals surface area contributed by atoms with Gasteiger partial charge in [-0.1, -0.05) is 18.6 Å². The highest BCUT2D eigenvalue weighted by Crippen LogP contribution is 2.46. The van der Waals surface area contributed by atoms with Gasteiger partial charge in [0.25, 0.3) is 0 Å². The zero-order valence-electron chi connectivity index (χ0n) is 9.45. The largest absolute Gasteiger partial charge is 0.396 e. The van der Waals surface area contributed by atoms with Crippen LogP contribution in [-0.2, 0) is 0 Å². The molecule has 0 spiro atoms. The van der Waals surface area contributed by atoms with Gasteiger partial charge in [-0.15, -0.1) is 0 Å². The van der Waals surface area contributed by atoms with Gasteiger partial charge in [0.15, 0.2) is 0 Å². The summed E-state index contributed by atoms with van der Waals surface area (Å²) in [6.07, 6.45) is 4.45. The van der Waals surface area contributed by atoms with E-state index in [-0.39, 0.29) is 18.1 Å². The van der Waals surface area contributed by atoms with Crippen LogP contribution in [0.3, 0.4) is 0 Å². The molecule has 0 aromatic carbocycles. The van der Waals surface area contributed by atoms with Crippen molar-refractivity contribution in [1.82, 2.24) is 0 Å². The van der Waals surface area contributed by atoms with Crippen LogP contribution in [0.15, 0.2) is 11.6 Å². The maximum Gasteiger partial charge on any atom is 0.0624 e. The molecule has 0 saturated heterocycles. The average molecular weight is 198 g/mol. The molecule has 2 heteroatoms. The van der Waals surface area contributed by atoms with Crippen LogP contribution in [0.5, 0.6) is 0 Å². The van der Waals surface area contributed by atoms with Crippen LogP contribution in [0.1, 0.15) is 40.0 Å². The zero-order chi connectivity index (χ0) is 10.8. The van der Waals surface area contributed by atoms with Crippen LogP contribution in [0.4, 0.5) is 0 Å². The van der Waals surface area contributed by atoms with E-state index in [0.717, 1.165) is 19.3 Å². The summed E-state index contributed by atoms with van der Waals surface area (Å²) < 4.78 is 0. The number of allylic oxidation sites excluding steroid dienone is 2. The summed E-state index contributed by atoms with van der Waals surface area (Å²) in [7, 11) is 0. The van der Waals surface area contributed by atoms with Crippen molar-refractivity contribution in [3.63, 3.8) is 0 Å². The van der Waals surface area contributed by atoms with Gasteiger partial charge in [-0.3, -0.25) is 0 Å². The lowest BCUT2D eigenvalue weighted by molar-refractivity contribution is -0.0146. The van der Waals surface area contributed by atoms with Gasteiger partial charge in [0, 0.05) is 5.41 Å². The van der Waals surface area contributed by atoms with Crippen LogP contribution in [0.2, 0.25) is 0 Å².